The van der Waals surface area contributed by atoms with Gasteiger partial charge in [0.25, 0.3) is 10.0 Å². The summed E-state index contributed by atoms with van der Waals surface area (Å²) in [4.78, 5) is 11.4. The molecule has 2 rings (SSSR count). The number of carbonyl (C=O) groups excluding carboxylic acids is 1. The van der Waals surface area contributed by atoms with Gasteiger partial charge in [-0.3, -0.25) is 4.72 Å². The predicted molar refractivity (Wildman–Crippen MR) is 82.7 cm³/mol. The number of benzene rings is 2. The summed E-state index contributed by atoms with van der Waals surface area (Å²) in [6, 6.07) is 9.35. The fourth-order valence-electron chi connectivity index (χ4n) is 1.75. The van der Waals surface area contributed by atoms with E-state index in [0.29, 0.717) is 4.47 Å². The topological polar surface area (TPSA) is 72.5 Å². The van der Waals surface area contributed by atoms with Gasteiger partial charge in [0.1, 0.15) is 10.7 Å². The van der Waals surface area contributed by atoms with Gasteiger partial charge in [0, 0.05) is 4.47 Å². The van der Waals surface area contributed by atoms with E-state index in [9.17, 15) is 17.6 Å². The number of rotatable bonds is 4. The molecule has 0 unspecified atom stereocenters. The highest BCUT2D eigenvalue weighted by molar-refractivity contribution is 9.10. The highest BCUT2D eigenvalue weighted by atomic mass is 79.9. The molecular weight excluding hydrogens is 377 g/mol. The molecule has 1 N–H and O–H groups in total. The van der Waals surface area contributed by atoms with Crippen LogP contribution in [0.1, 0.15) is 10.4 Å². The van der Waals surface area contributed by atoms with Crippen LogP contribution in [-0.4, -0.2) is 21.5 Å². The maximum Gasteiger partial charge on any atom is 0.339 e. The van der Waals surface area contributed by atoms with Crippen molar-refractivity contribution in [3.05, 3.63) is 58.3 Å². The minimum atomic E-state index is -4.15. The third-order valence-electron chi connectivity index (χ3n) is 2.75. The molecule has 0 atom stereocenters. The van der Waals surface area contributed by atoms with E-state index in [1.54, 1.807) is 0 Å². The van der Waals surface area contributed by atoms with E-state index in [1.807, 2.05) is 0 Å². The van der Waals surface area contributed by atoms with Gasteiger partial charge in [-0.1, -0.05) is 28.1 Å². The number of hydrogen-bond donors (Lipinski definition) is 1. The summed E-state index contributed by atoms with van der Waals surface area (Å²) in [5.74, 6) is -1.53. The van der Waals surface area contributed by atoms with Crippen molar-refractivity contribution in [2.24, 2.45) is 0 Å². The Kier molecular flexibility index (Phi) is 4.82. The summed E-state index contributed by atoms with van der Waals surface area (Å²) in [5, 5.41) is 0. The van der Waals surface area contributed by atoms with Gasteiger partial charge in [-0.25, -0.2) is 17.6 Å². The number of halogens is 2. The van der Waals surface area contributed by atoms with E-state index in [1.165, 1.54) is 36.4 Å². The van der Waals surface area contributed by atoms with Crippen LogP contribution in [0.5, 0.6) is 0 Å². The third kappa shape index (κ3) is 3.45. The number of ether oxygens (including phenoxy) is 1. The smallest absolute Gasteiger partial charge is 0.339 e. The molecule has 0 bridgehead atoms. The monoisotopic (exact) mass is 387 g/mol. The van der Waals surface area contributed by atoms with Gasteiger partial charge in [-0.05, 0) is 30.3 Å². The minimum Gasteiger partial charge on any atom is -0.465 e. The highest BCUT2D eigenvalue weighted by Gasteiger charge is 2.24. The van der Waals surface area contributed by atoms with Crippen molar-refractivity contribution in [1.82, 2.24) is 0 Å². The Morgan fingerprint density at radius 3 is 2.55 bits per heavy atom. The van der Waals surface area contributed by atoms with Crippen LogP contribution in [-0.2, 0) is 14.8 Å². The first-order valence-electron chi connectivity index (χ1n) is 6.00. The van der Waals surface area contributed by atoms with E-state index < -0.39 is 21.8 Å². The summed E-state index contributed by atoms with van der Waals surface area (Å²) in [7, 11) is -3.01. The number of para-hydroxylation sites is 1. The van der Waals surface area contributed by atoms with Gasteiger partial charge >= 0.3 is 5.97 Å². The van der Waals surface area contributed by atoms with Crippen molar-refractivity contribution < 1.29 is 22.3 Å². The molecule has 0 aliphatic heterocycles. The van der Waals surface area contributed by atoms with E-state index >= 15 is 0 Å². The molecule has 0 fully saturated rings. The average molecular weight is 388 g/mol. The van der Waals surface area contributed by atoms with Crippen LogP contribution in [0.3, 0.4) is 0 Å². The van der Waals surface area contributed by atoms with Crippen LogP contribution in [0.25, 0.3) is 0 Å². The zero-order chi connectivity index (χ0) is 16.3. The van der Waals surface area contributed by atoms with Crippen molar-refractivity contribution in [2.75, 3.05) is 11.8 Å². The van der Waals surface area contributed by atoms with Gasteiger partial charge < -0.3 is 4.74 Å². The molecule has 2 aromatic rings. The molecule has 0 aliphatic carbocycles. The van der Waals surface area contributed by atoms with Crippen LogP contribution in [0.2, 0.25) is 0 Å². The SMILES string of the molecule is COC(=O)c1cc(Br)ccc1S(=O)(=O)Nc1ccccc1F. The summed E-state index contributed by atoms with van der Waals surface area (Å²) < 4.78 is 45.6. The summed E-state index contributed by atoms with van der Waals surface area (Å²) in [6.45, 7) is 0. The summed E-state index contributed by atoms with van der Waals surface area (Å²) in [6.07, 6.45) is 0. The lowest BCUT2D eigenvalue weighted by atomic mass is 10.2. The number of carbonyl (C=O) groups is 1. The minimum absolute atomic E-state index is 0.152. The van der Waals surface area contributed by atoms with Gasteiger partial charge in [-0.2, -0.15) is 0 Å². The Morgan fingerprint density at radius 1 is 1.23 bits per heavy atom. The fraction of sp³-hybridized carbons (Fsp3) is 0.0714. The normalized spacial score (nSPS) is 11.0. The number of methoxy groups -OCH3 is 1. The quantitative estimate of drug-likeness (QED) is 0.817. The number of nitrogens with one attached hydrogen (secondary N) is 1. The molecule has 22 heavy (non-hydrogen) atoms. The molecule has 5 nitrogen and oxygen atoms in total. The Balaban J connectivity index is 2.50. The average Bonchev–Trinajstić information content (AvgIpc) is 2.48. The number of anilines is 1. The first-order valence-corrected chi connectivity index (χ1v) is 8.28. The van der Waals surface area contributed by atoms with Crippen molar-refractivity contribution >= 4 is 37.6 Å². The second-order valence-corrected chi connectivity index (χ2v) is 6.78. The second kappa shape index (κ2) is 6.45. The lowest BCUT2D eigenvalue weighted by Crippen LogP contribution is -2.18. The van der Waals surface area contributed by atoms with E-state index in [0.717, 1.165) is 13.2 Å². The first-order chi connectivity index (χ1) is 10.3. The van der Waals surface area contributed by atoms with Gasteiger partial charge in [0.2, 0.25) is 0 Å². The number of esters is 1. The Bertz CT molecular complexity index is 823. The van der Waals surface area contributed by atoms with E-state index in [-0.39, 0.29) is 16.1 Å². The fourth-order valence-corrected chi connectivity index (χ4v) is 3.35. The van der Waals surface area contributed by atoms with E-state index in [4.69, 9.17) is 0 Å². The molecule has 0 aliphatic rings. The zero-order valence-electron chi connectivity index (χ0n) is 11.3. The molecule has 0 saturated heterocycles. The van der Waals surface area contributed by atoms with Crippen molar-refractivity contribution in [3.63, 3.8) is 0 Å². The Morgan fingerprint density at radius 2 is 1.91 bits per heavy atom. The molecule has 0 aromatic heterocycles. The molecule has 0 amide bonds. The molecule has 8 heteroatoms. The molecule has 116 valence electrons. The Labute approximate surface area is 135 Å². The molecule has 0 radical (unpaired) electrons. The van der Waals surface area contributed by atoms with Crippen LogP contribution in [0.4, 0.5) is 10.1 Å². The maximum absolute atomic E-state index is 13.6. The first kappa shape index (κ1) is 16.4. The van der Waals surface area contributed by atoms with Crippen LogP contribution in [0, 0.1) is 5.82 Å². The lowest BCUT2D eigenvalue weighted by molar-refractivity contribution is 0.0596. The number of hydrogen-bond acceptors (Lipinski definition) is 4. The molecule has 0 saturated carbocycles. The summed E-state index contributed by atoms with van der Waals surface area (Å²) >= 11 is 3.16. The van der Waals surface area contributed by atoms with Gasteiger partial charge in [0.05, 0.1) is 18.4 Å². The van der Waals surface area contributed by atoms with Crippen molar-refractivity contribution in [1.29, 1.82) is 0 Å². The van der Waals surface area contributed by atoms with Crippen LogP contribution < -0.4 is 4.72 Å². The zero-order valence-corrected chi connectivity index (χ0v) is 13.7. The third-order valence-corrected chi connectivity index (χ3v) is 4.67. The molecule has 0 spiro atoms. The van der Waals surface area contributed by atoms with Crippen LogP contribution in [0.15, 0.2) is 51.8 Å². The number of sulfonamides is 1. The van der Waals surface area contributed by atoms with Crippen molar-refractivity contribution in [2.45, 2.75) is 4.90 Å². The highest BCUT2D eigenvalue weighted by Crippen LogP contribution is 2.25. The Hall–Kier alpha value is -1.93. The molecule has 0 heterocycles. The summed E-state index contributed by atoms with van der Waals surface area (Å²) in [5.41, 5.74) is -0.359. The maximum atomic E-state index is 13.6. The standard InChI is InChI=1S/C14H11BrFNO4S/c1-21-14(18)10-8-9(15)6-7-13(10)22(19,20)17-12-5-3-2-4-11(12)16/h2-8,17H,1H3. The van der Waals surface area contributed by atoms with Crippen molar-refractivity contribution in [3.8, 4) is 0 Å². The van der Waals surface area contributed by atoms with Gasteiger partial charge in [0.15, 0.2) is 0 Å². The second-order valence-electron chi connectivity index (χ2n) is 4.22. The molecule has 2 aromatic carbocycles. The van der Waals surface area contributed by atoms with Gasteiger partial charge in [-0.15, -0.1) is 0 Å². The predicted octanol–water partition coefficient (Wildman–Crippen LogP) is 3.18. The van der Waals surface area contributed by atoms with E-state index in [2.05, 4.69) is 25.4 Å². The molecular formula is C14H11BrFNO4S. The lowest BCUT2D eigenvalue weighted by Gasteiger charge is -2.12. The van der Waals surface area contributed by atoms with Crippen LogP contribution >= 0.6 is 15.9 Å². The largest absolute Gasteiger partial charge is 0.465 e.